The van der Waals surface area contributed by atoms with E-state index in [1.165, 1.54) is 43.2 Å². The quantitative estimate of drug-likeness (QED) is 0.866. The van der Waals surface area contributed by atoms with Gasteiger partial charge >= 0.3 is 0 Å². The lowest BCUT2D eigenvalue weighted by atomic mass is 9.83. The van der Waals surface area contributed by atoms with E-state index in [1.807, 2.05) is 19.2 Å². The molecule has 1 aliphatic carbocycles. The average Bonchev–Trinajstić information content (AvgIpc) is 2.48. The number of methoxy groups -OCH3 is 1. The molecule has 0 amide bonds. The minimum atomic E-state index is 0.742. The van der Waals surface area contributed by atoms with Crippen LogP contribution < -0.4 is 10.1 Å². The van der Waals surface area contributed by atoms with Crippen LogP contribution in [0.5, 0.6) is 5.75 Å². The van der Waals surface area contributed by atoms with Crippen molar-refractivity contribution >= 4 is 6.08 Å². The summed E-state index contributed by atoms with van der Waals surface area (Å²) in [5.41, 5.74) is 2.72. The van der Waals surface area contributed by atoms with E-state index in [2.05, 4.69) is 23.5 Å². The summed E-state index contributed by atoms with van der Waals surface area (Å²) < 4.78 is 5.45. The summed E-state index contributed by atoms with van der Waals surface area (Å²) in [4.78, 5) is 0. The minimum absolute atomic E-state index is 0.742. The van der Waals surface area contributed by atoms with E-state index in [9.17, 15) is 0 Å². The third-order valence-corrected chi connectivity index (χ3v) is 3.99. The van der Waals surface area contributed by atoms with Crippen molar-refractivity contribution in [3.05, 3.63) is 35.4 Å². The van der Waals surface area contributed by atoms with Crippen LogP contribution in [0.3, 0.4) is 0 Å². The smallest absolute Gasteiger partial charge is 0.126 e. The van der Waals surface area contributed by atoms with Gasteiger partial charge < -0.3 is 10.1 Å². The molecule has 0 aromatic heterocycles. The minimum Gasteiger partial charge on any atom is -0.496 e. The van der Waals surface area contributed by atoms with Gasteiger partial charge in [0.1, 0.15) is 5.75 Å². The van der Waals surface area contributed by atoms with Crippen molar-refractivity contribution in [3.63, 3.8) is 0 Å². The maximum absolute atomic E-state index is 5.45. The summed E-state index contributed by atoms with van der Waals surface area (Å²) in [6.07, 6.45) is 9.14. The van der Waals surface area contributed by atoms with Gasteiger partial charge in [0, 0.05) is 12.1 Å². The molecule has 2 nitrogen and oxygen atoms in total. The van der Waals surface area contributed by atoms with Gasteiger partial charge in [-0.15, -0.1) is 0 Å². The Labute approximate surface area is 116 Å². The molecule has 19 heavy (non-hydrogen) atoms. The first kappa shape index (κ1) is 14.1. The van der Waals surface area contributed by atoms with E-state index in [-0.39, 0.29) is 0 Å². The molecular weight excluding hydrogens is 234 g/mol. The van der Waals surface area contributed by atoms with Crippen molar-refractivity contribution in [1.82, 2.24) is 5.32 Å². The number of benzene rings is 1. The van der Waals surface area contributed by atoms with Crippen LogP contribution in [0.4, 0.5) is 0 Å². The van der Waals surface area contributed by atoms with Crippen LogP contribution in [-0.2, 0) is 0 Å². The number of hydrogen-bond acceptors (Lipinski definition) is 2. The zero-order chi connectivity index (χ0) is 13.5. The molecule has 0 saturated heterocycles. The first-order chi connectivity index (χ1) is 9.35. The molecule has 2 rings (SSSR count). The van der Waals surface area contributed by atoms with Gasteiger partial charge in [-0.05, 0) is 31.9 Å². The molecule has 0 aliphatic heterocycles. The van der Waals surface area contributed by atoms with E-state index < -0.39 is 0 Å². The predicted octanol–water partition coefficient (Wildman–Crippen LogP) is 3.88. The molecule has 0 radical (unpaired) electrons. The van der Waals surface area contributed by atoms with Crippen molar-refractivity contribution in [2.24, 2.45) is 5.92 Å². The Hall–Kier alpha value is -1.28. The molecule has 0 bridgehead atoms. The number of nitrogens with one attached hydrogen (secondary N) is 1. The summed E-state index contributed by atoms with van der Waals surface area (Å²) in [6.45, 7) is 0.975. The number of likely N-dealkylation sites (N-methyl/N-ethyl adjacent to an activating group) is 1. The number of hydrogen-bond donors (Lipinski definition) is 1. The molecule has 2 heteroatoms. The van der Waals surface area contributed by atoms with E-state index in [4.69, 9.17) is 4.74 Å². The Balaban J connectivity index is 2.23. The second kappa shape index (κ2) is 7.34. The topological polar surface area (TPSA) is 21.3 Å². The monoisotopic (exact) mass is 259 g/mol. The summed E-state index contributed by atoms with van der Waals surface area (Å²) in [6, 6.07) is 8.27. The fourth-order valence-electron chi connectivity index (χ4n) is 2.98. The van der Waals surface area contributed by atoms with Crippen LogP contribution in [0.1, 0.15) is 37.7 Å². The predicted molar refractivity (Wildman–Crippen MR) is 81.5 cm³/mol. The molecule has 1 aromatic rings. The third kappa shape index (κ3) is 3.84. The van der Waals surface area contributed by atoms with Gasteiger partial charge in [-0.2, -0.15) is 0 Å². The number of rotatable bonds is 5. The van der Waals surface area contributed by atoms with Gasteiger partial charge in [0.2, 0.25) is 0 Å². The maximum atomic E-state index is 5.45. The largest absolute Gasteiger partial charge is 0.496 e. The standard InChI is InChI=1S/C17H25NO/c1-18-13-16(14-8-4-3-5-9-14)12-15-10-6-7-11-17(15)19-2/h6-7,10-12,14,18H,3-5,8-9,13H2,1-2H3. The normalized spacial score (nSPS) is 17.5. The summed E-state index contributed by atoms with van der Waals surface area (Å²) in [7, 11) is 3.77. The Morgan fingerprint density at radius 3 is 2.68 bits per heavy atom. The van der Waals surface area contributed by atoms with Gasteiger partial charge in [-0.25, -0.2) is 0 Å². The molecule has 1 aliphatic rings. The fraction of sp³-hybridized carbons (Fsp3) is 0.529. The highest BCUT2D eigenvalue weighted by molar-refractivity contribution is 5.60. The maximum Gasteiger partial charge on any atom is 0.126 e. The van der Waals surface area contributed by atoms with Crippen LogP contribution >= 0.6 is 0 Å². The highest BCUT2D eigenvalue weighted by atomic mass is 16.5. The molecule has 0 unspecified atom stereocenters. The highest BCUT2D eigenvalue weighted by Crippen LogP contribution is 2.31. The summed E-state index contributed by atoms with van der Waals surface area (Å²) >= 11 is 0. The van der Waals surface area contributed by atoms with Crippen molar-refractivity contribution in [1.29, 1.82) is 0 Å². The Kier molecular flexibility index (Phi) is 5.46. The van der Waals surface area contributed by atoms with Gasteiger partial charge in [-0.1, -0.05) is 49.1 Å². The first-order valence-electron chi connectivity index (χ1n) is 7.33. The van der Waals surface area contributed by atoms with Crippen molar-refractivity contribution in [2.45, 2.75) is 32.1 Å². The number of para-hydroxylation sites is 1. The Bertz CT molecular complexity index is 419. The Morgan fingerprint density at radius 1 is 1.26 bits per heavy atom. The molecular formula is C17H25NO. The van der Waals surface area contributed by atoms with Crippen molar-refractivity contribution < 1.29 is 4.74 Å². The van der Waals surface area contributed by atoms with Crippen molar-refractivity contribution in [2.75, 3.05) is 20.7 Å². The van der Waals surface area contributed by atoms with E-state index >= 15 is 0 Å². The molecule has 1 aromatic carbocycles. The van der Waals surface area contributed by atoms with Crippen molar-refractivity contribution in [3.8, 4) is 5.75 Å². The lowest BCUT2D eigenvalue weighted by Gasteiger charge is -2.25. The second-order valence-corrected chi connectivity index (χ2v) is 5.33. The molecule has 0 atom stereocenters. The van der Waals surface area contributed by atoms with Crippen LogP contribution in [0, 0.1) is 5.92 Å². The average molecular weight is 259 g/mol. The van der Waals surface area contributed by atoms with Crippen LogP contribution in [0.25, 0.3) is 6.08 Å². The van der Waals surface area contributed by atoms with Gasteiger partial charge in [0.25, 0.3) is 0 Å². The van der Waals surface area contributed by atoms with Gasteiger partial charge in [-0.3, -0.25) is 0 Å². The molecule has 1 saturated carbocycles. The Morgan fingerprint density at radius 2 is 2.00 bits per heavy atom. The van der Waals surface area contributed by atoms with E-state index in [0.717, 1.165) is 18.2 Å². The summed E-state index contributed by atoms with van der Waals surface area (Å²) in [5, 5.41) is 3.31. The zero-order valence-corrected chi connectivity index (χ0v) is 12.1. The lowest BCUT2D eigenvalue weighted by molar-refractivity contribution is 0.397. The molecule has 1 fully saturated rings. The lowest BCUT2D eigenvalue weighted by Crippen LogP contribution is -2.19. The SMILES string of the molecule is CNCC(=Cc1ccccc1OC)C1CCCCC1. The third-order valence-electron chi connectivity index (χ3n) is 3.99. The summed E-state index contributed by atoms with van der Waals surface area (Å²) in [5.74, 6) is 1.71. The van der Waals surface area contributed by atoms with Gasteiger partial charge in [0.05, 0.1) is 7.11 Å². The second-order valence-electron chi connectivity index (χ2n) is 5.33. The molecule has 0 spiro atoms. The van der Waals surface area contributed by atoms with Crippen LogP contribution in [-0.4, -0.2) is 20.7 Å². The molecule has 104 valence electrons. The van der Waals surface area contributed by atoms with E-state index in [0.29, 0.717) is 0 Å². The fourth-order valence-corrected chi connectivity index (χ4v) is 2.98. The number of ether oxygens (including phenoxy) is 1. The first-order valence-corrected chi connectivity index (χ1v) is 7.33. The molecule has 1 N–H and O–H groups in total. The van der Waals surface area contributed by atoms with Crippen LogP contribution in [0.2, 0.25) is 0 Å². The van der Waals surface area contributed by atoms with E-state index in [1.54, 1.807) is 7.11 Å². The van der Waals surface area contributed by atoms with Crippen LogP contribution in [0.15, 0.2) is 29.8 Å². The molecule has 0 heterocycles. The van der Waals surface area contributed by atoms with Gasteiger partial charge in [0.15, 0.2) is 0 Å². The highest BCUT2D eigenvalue weighted by Gasteiger charge is 2.17. The zero-order valence-electron chi connectivity index (χ0n) is 12.1.